The average Bonchev–Trinajstić information content (AvgIpc) is 2.48. The topological polar surface area (TPSA) is 76.2 Å². The zero-order valence-electron chi connectivity index (χ0n) is 11.1. The third kappa shape index (κ3) is 3.70. The molecule has 0 unspecified atom stereocenters. The molecule has 0 heterocycles. The molecule has 118 valence electrons. The number of nitro groups is 1. The predicted octanol–water partition coefficient (Wildman–Crippen LogP) is 4.93. The number of hydrogen-bond donors (Lipinski definition) is 0. The lowest BCUT2D eigenvalue weighted by molar-refractivity contribution is -0.384. The van der Waals surface area contributed by atoms with Gasteiger partial charge in [0.15, 0.2) is 5.75 Å². The zero-order valence-corrected chi connectivity index (χ0v) is 11.9. The summed E-state index contributed by atoms with van der Waals surface area (Å²) in [5, 5.41) is 19.1. The van der Waals surface area contributed by atoms with E-state index in [1.165, 1.54) is 12.1 Å². The van der Waals surface area contributed by atoms with Crippen LogP contribution in [0.1, 0.15) is 11.1 Å². The summed E-state index contributed by atoms with van der Waals surface area (Å²) < 4.78 is 43.4. The van der Waals surface area contributed by atoms with Crippen LogP contribution in [0.2, 0.25) is 5.02 Å². The van der Waals surface area contributed by atoms with E-state index in [1.54, 1.807) is 6.07 Å². The lowest BCUT2D eigenvalue weighted by Gasteiger charge is -2.13. The fourth-order valence-corrected chi connectivity index (χ4v) is 1.96. The summed E-state index contributed by atoms with van der Waals surface area (Å²) in [4.78, 5) is 9.94. The van der Waals surface area contributed by atoms with Crippen LogP contribution in [0.5, 0.6) is 11.5 Å². The van der Waals surface area contributed by atoms with Crippen molar-refractivity contribution in [2.75, 3.05) is 0 Å². The van der Waals surface area contributed by atoms with Crippen molar-refractivity contribution in [2.45, 2.75) is 6.18 Å². The molecular weight excluding hydrogens is 337 g/mol. The van der Waals surface area contributed by atoms with Gasteiger partial charge in [0.05, 0.1) is 21.1 Å². The van der Waals surface area contributed by atoms with Gasteiger partial charge in [-0.2, -0.15) is 18.4 Å². The number of nitrogens with zero attached hydrogens (tertiary/aromatic N) is 2. The average molecular weight is 343 g/mol. The van der Waals surface area contributed by atoms with Gasteiger partial charge in [-0.15, -0.1) is 0 Å². The SMILES string of the molecule is N#Cc1cc(C(F)(F)F)cc(Cl)c1Oc1ccc([N+](=O)[O-])cc1. The molecule has 0 spiro atoms. The van der Waals surface area contributed by atoms with Gasteiger partial charge in [-0.3, -0.25) is 10.1 Å². The normalized spacial score (nSPS) is 10.9. The number of halogens is 4. The van der Waals surface area contributed by atoms with E-state index in [9.17, 15) is 23.3 Å². The second-order valence-electron chi connectivity index (χ2n) is 4.30. The fourth-order valence-electron chi connectivity index (χ4n) is 1.70. The Kier molecular flexibility index (Phi) is 4.43. The van der Waals surface area contributed by atoms with Crippen LogP contribution in [0.25, 0.3) is 0 Å². The molecule has 23 heavy (non-hydrogen) atoms. The van der Waals surface area contributed by atoms with E-state index in [2.05, 4.69) is 0 Å². The molecule has 0 atom stereocenters. The maximum absolute atomic E-state index is 12.7. The highest BCUT2D eigenvalue weighted by atomic mass is 35.5. The molecule has 0 aliphatic heterocycles. The predicted molar refractivity (Wildman–Crippen MR) is 74.3 cm³/mol. The van der Waals surface area contributed by atoms with Crippen LogP contribution in [-0.2, 0) is 6.18 Å². The lowest BCUT2D eigenvalue weighted by atomic mass is 10.1. The van der Waals surface area contributed by atoms with E-state index in [0.29, 0.717) is 12.1 Å². The molecule has 2 aromatic carbocycles. The smallest absolute Gasteiger partial charge is 0.416 e. The van der Waals surface area contributed by atoms with Gasteiger partial charge in [0.25, 0.3) is 5.69 Å². The van der Waals surface area contributed by atoms with E-state index in [0.717, 1.165) is 12.1 Å². The van der Waals surface area contributed by atoms with Gasteiger partial charge in [0.2, 0.25) is 0 Å². The van der Waals surface area contributed by atoms with E-state index in [4.69, 9.17) is 21.6 Å². The minimum absolute atomic E-state index is 0.0914. The second kappa shape index (κ2) is 6.14. The lowest BCUT2D eigenvalue weighted by Crippen LogP contribution is -2.06. The van der Waals surface area contributed by atoms with E-state index >= 15 is 0 Å². The summed E-state index contributed by atoms with van der Waals surface area (Å²) in [5.74, 6) is -0.162. The van der Waals surface area contributed by atoms with E-state index in [1.807, 2.05) is 0 Å². The number of hydrogen-bond acceptors (Lipinski definition) is 4. The summed E-state index contributed by atoms with van der Waals surface area (Å²) in [5.41, 5.74) is -1.66. The Hall–Kier alpha value is -2.79. The Balaban J connectivity index is 2.40. The van der Waals surface area contributed by atoms with Crippen LogP contribution < -0.4 is 4.74 Å². The first-order valence-corrected chi connectivity index (χ1v) is 6.33. The molecule has 5 nitrogen and oxygen atoms in total. The third-order valence-corrected chi connectivity index (χ3v) is 3.04. The summed E-state index contributed by atoms with van der Waals surface area (Å²) >= 11 is 5.77. The van der Waals surface area contributed by atoms with Gasteiger partial charge in [0.1, 0.15) is 11.8 Å². The number of nitro benzene ring substituents is 1. The molecule has 0 aliphatic carbocycles. The molecule has 2 rings (SSSR count). The Morgan fingerprint density at radius 1 is 1.22 bits per heavy atom. The molecule has 2 aromatic rings. The molecule has 0 amide bonds. The summed E-state index contributed by atoms with van der Waals surface area (Å²) in [6, 6.07) is 7.63. The van der Waals surface area contributed by atoms with Crippen molar-refractivity contribution in [3.63, 3.8) is 0 Å². The number of alkyl halides is 3. The molecule has 0 N–H and O–H groups in total. The number of benzene rings is 2. The summed E-state index contributed by atoms with van der Waals surface area (Å²) in [6.07, 6.45) is -4.65. The van der Waals surface area contributed by atoms with Crippen molar-refractivity contribution in [1.82, 2.24) is 0 Å². The van der Waals surface area contributed by atoms with Crippen molar-refractivity contribution in [3.8, 4) is 17.6 Å². The molecule has 0 fully saturated rings. The number of ether oxygens (including phenoxy) is 1. The van der Waals surface area contributed by atoms with Crippen LogP contribution in [0, 0.1) is 21.4 Å². The minimum atomic E-state index is -4.65. The molecule has 9 heteroatoms. The Morgan fingerprint density at radius 3 is 2.30 bits per heavy atom. The van der Waals surface area contributed by atoms with E-state index in [-0.39, 0.29) is 17.2 Å². The fraction of sp³-hybridized carbons (Fsp3) is 0.0714. The zero-order chi connectivity index (χ0) is 17.2. The van der Waals surface area contributed by atoms with Crippen molar-refractivity contribution < 1.29 is 22.8 Å². The minimum Gasteiger partial charge on any atom is -0.454 e. The van der Waals surface area contributed by atoms with Crippen LogP contribution >= 0.6 is 11.6 Å². The summed E-state index contributed by atoms with van der Waals surface area (Å²) in [6.45, 7) is 0. The van der Waals surface area contributed by atoms with Crippen molar-refractivity contribution >= 4 is 17.3 Å². The van der Waals surface area contributed by atoms with Gasteiger partial charge in [-0.1, -0.05) is 11.6 Å². The van der Waals surface area contributed by atoms with Crippen LogP contribution in [-0.4, -0.2) is 4.92 Å². The summed E-state index contributed by atoms with van der Waals surface area (Å²) in [7, 11) is 0. The number of non-ortho nitro benzene ring substituents is 1. The molecule has 0 saturated carbocycles. The Morgan fingerprint density at radius 2 is 1.83 bits per heavy atom. The highest BCUT2D eigenvalue weighted by molar-refractivity contribution is 6.32. The first kappa shape index (κ1) is 16.6. The Labute approximate surface area is 132 Å². The van der Waals surface area contributed by atoms with Crippen LogP contribution in [0.3, 0.4) is 0 Å². The first-order valence-electron chi connectivity index (χ1n) is 5.95. The quantitative estimate of drug-likeness (QED) is 0.585. The monoisotopic (exact) mass is 342 g/mol. The van der Waals surface area contributed by atoms with Gasteiger partial charge in [-0.25, -0.2) is 0 Å². The second-order valence-corrected chi connectivity index (χ2v) is 4.70. The highest BCUT2D eigenvalue weighted by Gasteiger charge is 2.32. The molecule has 0 bridgehead atoms. The van der Waals surface area contributed by atoms with Crippen molar-refractivity contribution in [3.05, 3.63) is 62.7 Å². The van der Waals surface area contributed by atoms with Crippen molar-refractivity contribution in [2.24, 2.45) is 0 Å². The van der Waals surface area contributed by atoms with Gasteiger partial charge < -0.3 is 4.74 Å². The Bertz CT molecular complexity index is 799. The van der Waals surface area contributed by atoms with Crippen LogP contribution in [0.4, 0.5) is 18.9 Å². The standard InChI is InChI=1S/C14H6ClF3N2O3/c15-12-6-9(14(16,17)18)5-8(7-19)13(12)23-11-3-1-10(2-4-11)20(21)22/h1-6H. The highest BCUT2D eigenvalue weighted by Crippen LogP contribution is 2.39. The third-order valence-electron chi connectivity index (χ3n) is 2.76. The molecule has 0 saturated heterocycles. The maximum Gasteiger partial charge on any atom is 0.416 e. The van der Waals surface area contributed by atoms with Crippen molar-refractivity contribution in [1.29, 1.82) is 5.26 Å². The largest absolute Gasteiger partial charge is 0.454 e. The van der Waals surface area contributed by atoms with Gasteiger partial charge in [-0.05, 0) is 24.3 Å². The van der Waals surface area contributed by atoms with Crippen LogP contribution in [0.15, 0.2) is 36.4 Å². The molecular formula is C14H6ClF3N2O3. The first-order chi connectivity index (χ1) is 10.7. The molecule has 0 radical (unpaired) electrons. The van der Waals surface area contributed by atoms with Gasteiger partial charge >= 0.3 is 6.18 Å². The number of nitriles is 1. The number of rotatable bonds is 3. The van der Waals surface area contributed by atoms with Gasteiger partial charge in [0, 0.05) is 12.1 Å². The molecule has 0 aliphatic rings. The molecule has 0 aromatic heterocycles. The van der Waals surface area contributed by atoms with E-state index < -0.39 is 27.2 Å². The maximum atomic E-state index is 12.7.